The molecule has 5 nitrogen and oxygen atoms in total. The highest BCUT2D eigenvalue weighted by molar-refractivity contribution is 14.0. The number of hydrogen-bond donors (Lipinski definition) is 1. The standard InChI is InChI=1S/C18H26FN5.HI/c1-6-20-18(21-11-17-13(2)22-24(5)14(17)3)23(4)12-15-8-7-9-16(19)10-15;/h7-10H,6,11-12H2,1-5H3,(H,20,21);1H. The van der Waals surface area contributed by atoms with Crippen molar-refractivity contribution in [3.8, 4) is 0 Å². The summed E-state index contributed by atoms with van der Waals surface area (Å²) in [5.41, 5.74) is 4.19. The number of hydrogen-bond acceptors (Lipinski definition) is 2. The van der Waals surface area contributed by atoms with Gasteiger partial charge in [0.2, 0.25) is 0 Å². The number of nitrogens with one attached hydrogen (secondary N) is 1. The summed E-state index contributed by atoms with van der Waals surface area (Å²) in [6, 6.07) is 6.65. The van der Waals surface area contributed by atoms with E-state index in [2.05, 4.69) is 10.4 Å². The van der Waals surface area contributed by atoms with Crippen LogP contribution in [0.5, 0.6) is 0 Å². The van der Waals surface area contributed by atoms with Gasteiger partial charge in [-0.15, -0.1) is 24.0 Å². The molecule has 0 bridgehead atoms. The van der Waals surface area contributed by atoms with Gasteiger partial charge in [-0.05, 0) is 38.5 Å². The van der Waals surface area contributed by atoms with E-state index in [1.807, 2.05) is 50.5 Å². The summed E-state index contributed by atoms with van der Waals surface area (Å²) in [6.07, 6.45) is 0. The molecular weight excluding hydrogens is 432 g/mol. The van der Waals surface area contributed by atoms with Crippen molar-refractivity contribution in [2.45, 2.75) is 33.9 Å². The summed E-state index contributed by atoms with van der Waals surface area (Å²) < 4.78 is 15.2. The zero-order chi connectivity index (χ0) is 17.7. The predicted molar refractivity (Wildman–Crippen MR) is 111 cm³/mol. The minimum absolute atomic E-state index is 0. The van der Waals surface area contributed by atoms with Gasteiger partial charge >= 0.3 is 0 Å². The molecule has 1 heterocycles. The third kappa shape index (κ3) is 5.69. The maximum atomic E-state index is 13.4. The van der Waals surface area contributed by atoms with Gasteiger partial charge in [0, 0.05) is 38.4 Å². The first-order valence-corrected chi connectivity index (χ1v) is 8.15. The fourth-order valence-corrected chi connectivity index (χ4v) is 2.65. The van der Waals surface area contributed by atoms with Crippen molar-refractivity contribution >= 4 is 29.9 Å². The van der Waals surface area contributed by atoms with Gasteiger partial charge in [0.25, 0.3) is 0 Å². The van der Waals surface area contributed by atoms with Crippen LogP contribution in [0.3, 0.4) is 0 Å². The molecule has 0 spiro atoms. The number of guanidine groups is 1. The van der Waals surface area contributed by atoms with Gasteiger partial charge in [0.05, 0.1) is 12.2 Å². The lowest BCUT2D eigenvalue weighted by molar-refractivity contribution is 0.474. The number of aromatic nitrogens is 2. The second-order valence-electron chi connectivity index (χ2n) is 5.93. The van der Waals surface area contributed by atoms with Gasteiger partial charge in [0.15, 0.2) is 5.96 Å². The van der Waals surface area contributed by atoms with E-state index >= 15 is 0 Å². The second kappa shape index (κ2) is 9.74. The summed E-state index contributed by atoms with van der Waals surface area (Å²) in [7, 11) is 3.90. The SMILES string of the molecule is CCNC(=NCc1c(C)nn(C)c1C)N(C)Cc1cccc(F)c1.I. The molecule has 0 atom stereocenters. The second-order valence-corrected chi connectivity index (χ2v) is 5.93. The monoisotopic (exact) mass is 459 g/mol. The van der Waals surface area contributed by atoms with Crippen LogP contribution in [0.25, 0.3) is 0 Å². The third-order valence-electron chi connectivity index (χ3n) is 4.05. The summed E-state index contributed by atoms with van der Waals surface area (Å²) in [5.74, 6) is 0.578. The van der Waals surface area contributed by atoms with Crippen LogP contribution in [0.1, 0.15) is 29.4 Å². The van der Waals surface area contributed by atoms with Crippen LogP contribution in [0.4, 0.5) is 4.39 Å². The van der Waals surface area contributed by atoms with E-state index in [1.165, 1.54) is 6.07 Å². The Balaban J connectivity index is 0.00000312. The summed E-state index contributed by atoms with van der Waals surface area (Å²) in [6.45, 7) is 8.02. The van der Waals surface area contributed by atoms with Crippen molar-refractivity contribution in [2.24, 2.45) is 12.0 Å². The molecule has 7 heteroatoms. The lowest BCUT2D eigenvalue weighted by Gasteiger charge is -2.22. The zero-order valence-electron chi connectivity index (χ0n) is 15.5. The molecule has 1 aromatic heterocycles. The summed E-state index contributed by atoms with van der Waals surface area (Å²) >= 11 is 0. The van der Waals surface area contributed by atoms with Gasteiger partial charge in [-0.3, -0.25) is 4.68 Å². The van der Waals surface area contributed by atoms with Crippen LogP contribution in [-0.2, 0) is 20.1 Å². The van der Waals surface area contributed by atoms with Gasteiger partial charge in [-0.1, -0.05) is 12.1 Å². The molecule has 25 heavy (non-hydrogen) atoms. The van der Waals surface area contributed by atoms with E-state index < -0.39 is 0 Å². The molecule has 2 rings (SSSR count). The van der Waals surface area contributed by atoms with Crippen LogP contribution in [-0.4, -0.2) is 34.2 Å². The number of benzene rings is 1. The lowest BCUT2D eigenvalue weighted by atomic mass is 10.2. The molecule has 0 fully saturated rings. The van der Waals surface area contributed by atoms with E-state index in [-0.39, 0.29) is 29.8 Å². The predicted octanol–water partition coefficient (Wildman–Crippen LogP) is 3.39. The Bertz CT molecular complexity index is 726. The molecule has 0 unspecified atom stereocenters. The molecule has 0 aliphatic rings. The molecule has 0 radical (unpaired) electrons. The number of aryl methyl sites for hydroxylation is 2. The van der Waals surface area contributed by atoms with Crippen LogP contribution < -0.4 is 5.32 Å². The third-order valence-corrected chi connectivity index (χ3v) is 4.05. The quantitative estimate of drug-likeness (QED) is 0.424. The Morgan fingerprint density at radius 1 is 1.36 bits per heavy atom. The number of rotatable bonds is 5. The van der Waals surface area contributed by atoms with E-state index in [0.717, 1.165) is 35.0 Å². The Morgan fingerprint density at radius 3 is 2.64 bits per heavy atom. The highest BCUT2D eigenvalue weighted by Gasteiger charge is 2.11. The highest BCUT2D eigenvalue weighted by atomic mass is 127. The lowest BCUT2D eigenvalue weighted by Crippen LogP contribution is -2.38. The minimum Gasteiger partial charge on any atom is -0.357 e. The smallest absolute Gasteiger partial charge is 0.194 e. The largest absolute Gasteiger partial charge is 0.357 e. The Morgan fingerprint density at radius 2 is 2.08 bits per heavy atom. The molecule has 0 saturated heterocycles. The Labute approximate surface area is 166 Å². The minimum atomic E-state index is -0.218. The molecule has 1 aromatic carbocycles. The fraction of sp³-hybridized carbons (Fsp3) is 0.444. The fourth-order valence-electron chi connectivity index (χ4n) is 2.65. The maximum Gasteiger partial charge on any atom is 0.194 e. The van der Waals surface area contributed by atoms with Crippen molar-refractivity contribution in [3.63, 3.8) is 0 Å². The molecule has 1 N–H and O–H groups in total. The summed E-state index contributed by atoms with van der Waals surface area (Å²) in [4.78, 5) is 6.72. The van der Waals surface area contributed by atoms with Crippen molar-refractivity contribution in [1.82, 2.24) is 20.0 Å². The molecular formula is C18H27FIN5. The van der Waals surface area contributed by atoms with Crippen molar-refractivity contribution in [3.05, 3.63) is 52.6 Å². The normalized spacial score (nSPS) is 11.2. The van der Waals surface area contributed by atoms with Gasteiger partial charge in [-0.25, -0.2) is 9.38 Å². The molecule has 0 aliphatic carbocycles. The van der Waals surface area contributed by atoms with Crippen LogP contribution >= 0.6 is 24.0 Å². The first kappa shape index (κ1) is 21.4. The van der Waals surface area contributed by atoms with E-state index in [9.17, 15) is 4.39 Å². The molecule has 0 aliphatic heterocycles. The molecule has 0 saturated carbocycles. The van der Waals surface area contributed by atoms with Gasteiger partial charge in [-0.2, -0.15) is 5.10 Å². The summed E-state index contributed by atoms with van der Waals surface area (Å²) in [5, 5.41) is 7.72. The number of nitrogens with zero attached hydrogens (tertiary/aromatic N) is 4. The number of aliphatic imine (C=N–C) groups is 1. The zero-order valence-corrected chi connectivity index (χ0v) is 17.8. The van der Waals surface area contributed by atoms with Crippen molar-refractivity contribution in [2.75, 3.05) is 13.6 Å². The van der Waals surface area contributed by atoms with E-state index in [0.29, 0.717) is 13.1 Å². The first-order valence-electron chi connectivity index (χ1n) is 8.15. The first-order chi connectivity index (χ1) is 11.4. The van der Waals surface area contributed by atoms with Crippen LogP contribution in [0.2, 0.25) is 0 Å². The average Bonchev–Trinajstić information content (AvgIpc) is 2.76. The van der Waals surface area contributed by atoms with Gasteiger partial charge in [0.1, 0.15) is 5.82 Å². The van der Waals surface area contributed by atoms with Crippen molar-refractivity contribution < 1.29 is 4.39 Å². The molecule has 2 aromatic rings. The maximum absolute atomic E-state index is 13.4. The average molecular weight is 459 g/mol. The van der Waals surface area contributed by atoms with Crippen LogP contribution in [0.15, 0.2) is 29.3 Å². The van der Waals surface area contributed by atoms with Crippen LogP contribution in [0, 0.1) is 19.7 Å². The van der Waals surface area contributed by atoms with Gasteiger partial charge < -0.3 is 10.2 Å². The highest BCUT2D eigenvalue weighted by Crippen LogP contribution is 2.13. The Kier molecular flexibility index (Phi) is 8.34. The molecule has 138 valence electrons. The van der Waals surface area contributed by atoms with E-state index in [4.69, 9.17) is 4.99 Å². The molecule has 0 amide bonds. The Hall–Kier alpha value is -1.64. The topological polar surface area (TPSA) is 45.5 Å². The number of halogens is 2. The van der Waals surface area contributed by atoms with E-state index in [1.54, 1.807) is 12.1 Å². The van der Waals surface area contributed by atoms with Crippen molar-refractivity contribution in [1.29, 1.82) is 0 Å².